The number of hydrogen-bond acceptors (Lipinski definition) is 2. The lowest BCUT2D eigenvalue weighted by Gasteiger charge is -2.19. The number of aryl methyl sites for hydroxylation is 1. The van der Waals surface area contributed by atoms with Crippen LogP contribution in [0.4, 0.5) is 39.5 Å². The van der Waals surface area contributed by atoms with Crippen LogP contribution in [-0.4, -0.2) is 6.36 Å². The fourth-order valence-corrected chi connectivity index (χ4v) is 5.15. The molecular formula is C37H27F9O2. The Balaban J connectivity index is 1.28. The Labute approximate surface area is 270 Å². The van der Waals surface area contributed by atoms with Crippen LogP contribution >= 0.6 is 0 Å². The summed E-state index contributed by atoms with van der Waals surface area (Å²) < 4.78 is 134. The van der Waals surface area contributed by atoms with Gasteiger partial charge in [-0.3, -0.25) is 0 Å². The van der Waals surface area contributed by atoms with Gasteiger partial charge in [-0.25, -0.2) is 17.6 Å². The highest BCUT2D eigenvalue weighted by Gasteiger charge is 2.38. The van der Waals surface area contributed by atoms with Crippen molar-refractivity contribution in [3.63, 3.8) is 0 Å². The fourth-order valence-electron chi connectivity index (χ4n) is 5.15. The van der Waals surface area contributed by atoms with Crippen LogP contribution in [0.25, 0.3) is 33.4 Å². The Morgan fingerprint density at radius 2 is 1.04 bits per heavy atom. The average molecular weight is 675 g/mol. The average Bonchev–Trinajstić information content (AvgIpc) is 3.03. The van der Waals surface area contributed by atoms with E-state index >= 15 is 8.78 Å². The predicted molar refractivity (Wildman–Crippen MR) is 163 cm³/mol. The first-order chi connectivity index (χ1) is 22.7. The highest BCUT2D eigenvalue weighted by molar-refractivity contribution is 5.72. The molecule has 0 heterocycles. The molecule has 0 amide bonds. The largest absolute Gasteiger partial charge is 0.573 e. The molecule has 0 saturated carbocycles. The second-order valence-corrected chi connectivity index (χ2v) is 11.0. The molecule has 0 radical (unpaired) electrons. The third kappa shape index (κ3) is 8.13. The maximum absolute atomic E-state index is 15.1. The highest BCUT2D eigenvalue weighted by Crippen LogP contribution is 2.37. The van der Waals surface area contributed by atoms with E-state index in [1.807, 2.05) is 24.3 Å². The second kappa shape index (κ2) is 14.0. The van der Waals surface area contributed by atoms with Crippen LogP contribution in [-0.2, 0) is 12.5 Å². The minimum absolute atomic E-state index is 0.239. The van der Waals surface area contributed by atoms with Gasteiger partial charge in [0.05, 0.1) is 5.56 Å². The van der Waals surface area contributed by atoms with Gasteiger partial charge in [-0.1, -0.05) is 74.4 Å². The summed E-state index contributed by atoms with van der Waals surface area (Å²) in [5.41, 5.74) is 1.16. The van der Waals surface area contributed by atoms with Crippen molar-refractivity contribution in [1.82, 2.24) is 0 Å². The zero-order valence-corrected chi connectivity index (χ0v) is 25.3. The molecule has 0 spiro atoms. The van der Waals surface area contributed by atoms with Gasteiger partial charge in [0, 0.05) is 5.56 Å². The van der Waals surface area contributed by atoms with Gasteiger partial charge in [-0.15, -0.1) is 13.2 Å². The van der Waals surface area contributed by atoms with Crippen LogP contribution in [0.5, 0.6) is 11.5 Å². The maximum Gasteiger partial charge on any atom is 0.573 e. The monoisotopic (exact) mass is 674 g/mol. The van der Waals surface area contributed by atoms with Crippen LogP contribution in [0.2, 0.25) is 0 Å². The molecule has 250 valence electrons. The van der Waals surface area contributed by atoms with E-state index in [9.17, 15) is 30.7 Å². The third-order valence-corrected chi connectivity index (χ3v) is 7.57. The molecular weight excluding hydrogens is 647 g/mol. The van der Waals surface area contributed by atoms with Gasteiger partial charge in [0.15, 0.2) is 11.6 Å². The Hall–Kier alpha value is -4.93. The van der Waals surface area contributed by atoms with Crippen LogP contribution in [0.1, 0.15) is 37.3 Å². The predicted octanol–water partition coefficient (Wildman–Crippen LogP) is 12.0. The summed E-state index contributed by atoms with van der Waals surface area (Å²) in [4.78, 5) is 0. The van der Waals surface area contributed by atoms with Crippen LogP contribution in [0, 0.1) is 23.3 Å². The van der Waals surface area contributed by atoms with E-state index in [0.29, 0.717) is 28.8 Å². The Kier molecular flexibility index (Phi) is 10.1. The lowest BCUT2D eigenvalue weighted by molar-refractivity contribution is -0.276. The molecule has 0 unspecified atom stereocenters. The first-order valence-corrected chi connectivity index (χ1v) is 14.9. The summed E-state index contributed by atoms with van der Waals surface area (Å²) in [5, 5.41) is 0. The molecule has 5 aromatic rings. The minimum Gasteiger partial charge on any atom is -0.429 e. The lowest BCUT2D eigenvalue weighted by Crippen LogP contribution is -2.23. The number of alkyl halides is 5. The van der Waals surface area contributed by atoms with Gasteiger partial charge >= 0.3 is 12.5 Å². The Morgan fingerprint density at radius 3 is 1.58 bits per heavy atom. The molecule has 48 heavy (non-hydrogen) atoms. The van der Waals surface area contributed by atoms with E-state index in [2.05, 4.69) is 11.7 Å². The lowest BCUT2D eigenvalue weighted by atomic mass is 9.99. The van der Waals surface area contributed by atoms with Crippen molar-refractivity contribution >= 4 is 0 Å². The van der Waals surface area contributed by atoms with Crippen molar-refractivity contribution in [1.29, 1.82) is 0 Å². The Bertz CT molecular complexity index is 1860. The van der Waals surface area contributed by atoms with Gasteiger partial charge < -0.3 is 9.47 Å². The van der Waals surface area contributed by atoms with E-state index in [1.165, 1.54) is 36.4 Å². The summed E-state index contributed by atoms with van der Waals surface area (Å²) in [7, 11) is 0. The quantitative estimate of drug-likeness (QED) is 0.103. The first-order valence-electron chi connectivity index (χ1n) is 14.9. The zero-order valence-electron chi connectivity index (χ0n) is 25.3. The van der Waals surface area contributed by atoms with Crippen molar-refractivity contribution in [2.24, 2.45) is 0 Å². The van der Waals surface area contributed by atoms with E-state index in [1.54, 1.807) is 0 Å². The van der Waals surface area contributed by atoms with E-state index in [-0.39, 0.29) is 22.4 Å². The second-order valence-electron chi connectivity index (χ2n) is 11.0. The van der Waals surface area contributed by atoms with Crippen LogP contribution < -0.4 is 9.47 Å². The smallest absolute Gasteiger partial charge is 0.429 e. The number of hydrogen-bond donors (Lipinski definition) is 0. The molecule has 2 nitrogen and oxygen atoms in total. The molecule has 0 aliphatic heterocycles. The summed E-state index contributed by atoms with van der Waals surface area (Å²) in [5.74, 6) is -7.47. The van der Waals surface area contributed by atoms with Crippen LogP contribution in [0.15, 0.2) is 97.1 Å². The van der Waals surface area contributed by atoms with Gasteiger partial charge in [-0.05, 0) is 88.7 Å². The van der Waals surface area contributed by atoms with Gasteiger partial charge in [0.1, 0.15) is 17.4 Å². The first kappa shape index (κ1) is 34.4. The van der Waals surface area contributed by atoms with Crippen molar-refractivity contribution in [3.05, 3.63) is 131 Å². The van der Waals surface area contributed by atoms with Crippen LogP contribution in [0.3, 0.4) is 0 Å². The minimum atomic E-state index is -5.34. The van der Waals surface area contributed by atoms with E-state index in [4.69, 9.17) is 4.74 Å². The molecule has 5 aromatic carbocycles. The summed E-state index contributed by atoms with van der Waals surface area (Å²) in [6.45, 7) is 2.12. The fraction of sp³-hybridized carbons (Fsp3) is 0.189. The molecule has 0 aromatic heterocycles. The van der Waals surface area contributed by atoms with E-state index in [0.717, 1.165) is 55.5 Å². The molecule has 0 bridgehead atoms. The maximum atomic E-state index is 15.1. The molecule has 11 heteroatoms. The summed E-state index contributed by atoms with van der Waals surface area (Å²) in [6, 6.07) is 20.4. The molecule has 0 saturated heterocycles. The van der Waals surface area contributed by atoms with Gasteiger partial charge in [-0.2, -0.15) is 8.78 Å². The van der Waals surface area contributed by atoms with Crippen molar-refractivity contribution < 1.29 is 49.0 Å². The van der Waals surface area contributed by atoms with Crippen molar-refractivity contribution in [2.75, 3.05) is 0 Å². The SMILES string of the molecule is CCCCCc1ccc(-c2ccc(C(F)(F)Oc3ccc(-c4ccc(-c5cc(F)c(OC(F)(F)F)c(F)c5)c(F)c4)cc3)c(F)c2)cc1. The number of ether oxygens (including phenoxy) is 2. The highest BCUT2D eigenvalue weighted by atomic mass is 19.4. The Morgan fingerprint density at radius 1 is 0.521 bits per heavy atom. The van der Waals surface area contributed by atoms with Crippen molar-refractivity contribution in [3.8, 4) is 44.9 Å². The molecule has 5 rings (SSSR count). The topological polar surface area (TPSA) is 18.5 Å². The standard InChI is InChI=1S/C37H27F9O2/c1-2-3-4-5-22-6-8-23(9-7-22)26-13-17-30(32(39)19-26)36(42,43)47-28-14-10-24(11-15-28)25-12-16-29(31(38)18-25)27-20-33(40)35(34(41)21-27)48-37(44,45)46/h6-21H,2-5H2,1H3. The van der Waals surface area contributed by atoms with Crippen molar-refractivity contribution in [2.45, 2.75) is 45.1 Å². The summed E-state index contributed by atoms with van der Waals surface area (Å²) in [6.07, 6.45) is -5.17. The molecule has 0 fully saturated rings. The molecule has 0 aliphatic carbocycles. The normalized spacial score (nSPS) is 11.9. The van der Waals surface area contributed by atoms with E-state index < -0.39 is 47.1 Å². The summed E-state index contributed by atoms with van der Waals surface area (Å²) >= 11 is 0. The third-order valence-electron chi connectivity index (χ3n) is 7.57. The molecule has 0 N–H and O–H groups in total. The number of halogens is 9. The van der Waals surface area contributed by atoms with Gasteiger partial charge in [0.25, 0.3) is 0 Å². The molecule has 0 atom stereocenters. The molecule has 0 aliphatic rings. The number of benzene rings is 5. The van der Waals surface area contributed by atoms with Gasteiger partial charge in [0.2, 0.25) is 5.75 Å². The number of unbranched alkanes of at least 4 members (excludes halogenated alkanes) is 2. The number of rotatable bonds is 11. The zero-order chi connectivity index (χ0) is 34.6.